The number of ether oxygens (including phenoxy) is 1. The molecular formula is C20H20ClFN2O3. The largest absolute Gasteiger partial charge is 0.490 e. The number of rotatable bonds is 5. The summed E-state index contributed by atoms with van der Waals surface area (Å²) in [5.41, 5.74) is 5.80. The summed E-state index contributed by atoms with van der Waals surface area (Å²) in [6.07, 6.45) is 0.406. The van der Waals surface area contributed by atoms with E-state index in [0.29, 0.717) is 35.8 Å². The number of hydrogen-bond acceptors (Lipinski definition) is 3. The highest BCUT2D eigenvalue weighted by atomic mass is 35.5. The normalized spacial score (nSPS) is 19.6. The molecule has 1 aliphatic rings. The lowest BCUT2D eigenvalue weighted by Crippen LogP contribution is -2.49. The van der Waals surface area contributed by atoms with Gasteiger partial charge in [0.2, 0.25) is 5.91 Å². The lowest BCUT2D eigenvalue weighted by molar-refractivity contribution is -0.120. The van der Waals surface area contributed by atoms with Gasteiger partial charge in [0.15, 0.2) is 0 Å². The summed E-state index contributed by atoms with van der Waals surface area (Å²) in [6, 6.07) is 12.5. The van der Waals surface area contributed by atoms with Crippen LogP contribution in [0.2, 0.25) is 5.02 Å². The zero-order valence-electron chi connectivity index (χ0n) is 14.6. The predicted octanol–water partition coefficient (Wildman–Crippen LogP) is 3.26. The van der Waals surface area contributed by atoms with E-state index in [1.807, 2.05) is 0 Å². The molecule has 2 aromatic carbocycles. The summed E-state index contributed by atoms with van der Waals surface area (Å²) in [5.74, 6) is -0.673. The van der Waals surface area contributed by atoms with Crippen molar-refractivity contribution in [3.05, 3.63) is 64.9 Å². The molecule has 7 heteroatoms. The Balaban J connectivity index is 1.72. The van der Waals surface area contributed by atoms with Crippen molar-refractivity contribution in [2.75, 3.05) is 13.1 Å². The smallest absolute Gasteiger partial charge is 0.253 e. The molecule has 0 spiro atoms. The number of piperidine rings is 1. The summed E-state index contributed by atoms with van der Waals surface area (Å²) >= 11 is 5.99. The molecule has 1 fully saturated rings. The van der Waals surface area contributed by atoms with Crippen molar-refractivity contribution in [2.45, 2.75) is 18.9 Å². The first kappa shape index (κ1) is 19.2. The molecule has 1 aliphatic heterocycles. The summed E-state index contributed by atoms with van der Waals surface area (Å²) < 4.78 is 19.1. The first-order chi connectivity index (χ1) is 12.9. The van der Waals surface area contributed by atoms with Crippen LogP contribution in [0.5, 0.6) is 5.75 Å². The number of benzene rings is 2. The van der Waals surface area contributed by atoms with E-state index in [0.717, 1.165) is 0 Å². The van der Waals surface area contributed by atoms with Gasteiger partial charge in [-0.1, -0.05) is 17.7 Å². The molecule has 27 heavy (non-hydrogen) atoms. The van der Waals surface area contributed by atoms with Crippen molar-refractivity contribution in [2.24, 2.45) is 11.7 Å². The lowest BCUT2D eigenvalue weighted by Gasteiger charge is -2.38. The van der Waals surface area contributed by atoms with Crippen LogP contribution < -0.4 is 10.5 Å². The van der Waals surface area contributed by atoms with Gasteiger partial charge in [0.05, 0.1) is 0 Å². The number of amides is 2. The highest BCUT2D eigenvalue weighted by molar-refractivity contribution is 6.30. The number of likely N-dealkylation sites (tertiary alicyclic amines) is 1. The van der Waals surface area contributed by atoms with Gasteiger partial charge in [0, 0.05) is 42.4 Å². The molecule has 0 saturated carbocycles. The van der Waals surface area contributed by atoms with E-state index in [1.54, 1.807) is 29.2 Å². The van der Waals surface area contributed by atoms with Crippen LogP contribution in [0.1, 0.15) is 23.2 Å². The van der Waals surface area contributed by atoms with Crippen molar-refractivity contribution in [3.8, 4) is 5.75 Å². The Bertz CT molecular complexity index is 828. The number of carbonyl (C=O) groups excluding carboxylic acids is 2. The Morgan fingerprint density at radius 1 is 1.22 bits per heavy atom. The van der Waals surface area contributed by atoms with Crippen LogP contribution in [0.3, 0.4) is 0 Å². The minimum absolute atomic E-state index is 0.110. The first-order valence-corrected chi connectivity index (χ1v) is 9.05. The second-order valence-electron chi connectivity index (χ2n) is 6.59. The fourth-order valence-corrected chi connectivity index (χ4v) is 3.48. The molecule has 2 aromatic rings. The predicted molar refractivity (Wildman–Crippen MR) is 100 cm³/mol. The van der Waals surface area contributed by atoms with E-state index in [-0.39, 0.29) is 24.3 Å². The van der Waals surface area contributed by atoms with Gasteiger partial charge in [0.1, 0.15) is 17.7 Å². The summed E-state index contributed by atoms with van der Waals surface area (Å²) in [5, 5.41) is 0.558. The van der Waals surface area contributed by atoms with Gasteiger partial charge < -0.3 is 15.4 Å². The van der Waals surface area contributed by atoms with Crippen molar-refractivity contribution in [1.82, 2.24) is 4.90 Å². The quantitative estimate of drug-likeness (QED) is 0.851. The van der Waals surface area contributed by atoms with Crippen LogP contribution in [0.15, 0.2) is 48.5 Å². The Hall–Kier alpha value is -2.60. The Morgan fingerprint density at radius 3 is 2.63 bits per heavy atom. The van der Waals surface area contributed by atoms with E-state index in [9.17, 15) is 14.0 Å². The van der Waals surface area contributed by atoms with Crippen molar-refractivity contribution in [3.63, 3.8) is 0 Å². The van der Waals surface area contributed by atoms with Gasteiger partial charge in [-0.25, -0.2) is 4.39 Å². The number of halogens is 2. The van der Waals surface area contributed by atoms with Gasteiger partial charge in [-0.15, -0.1) is 0 Å². The SMILES string of the molecule is NC(=O)C[C@H]1CN(C(=O)c2ccc(F)cc2)CC[C@@H]1Oc1cccc(Cl)c1. The van der Waals surface area contributed by atoms with Gasteiger partial charge in [-0.2, -0.15) is 0 Å². The first-order valence-electron chi connectivity index (χ1n) is 8.68. The number of carbonyl (C=O) groups is 2. The fourth-order valence-electron chi connectivity index (χ4n) is 3.29. The van der Waals surface area contributed by atoms with E-state index in [4.69, 9.17) is 22.1 Å². The zero-order valence-corrected chi connectivity index (χ0v) is 15.4. The maximum Gasteiger partial charge on any atom is 0.253 e. The zero-order chi connectivity index (χ0) is 19.4. The van der Waals surface area contributed by atoms with Crippen molar-refractivity contribution >= 4 is 23.4 Å². The third-order valence-corrected chi connectivity index (χ3v) is 4.82. The molecule has 2 atom stereocenters. The molecule has 1 saturated heterocycles. The highest BCUT2D eigenvalue weighted by Crippen LogP contribution is 2.27. The number of nitrogens with two attached hydrogens (primary N) is 1. The molecule has 0 unspecified atom stereocenters. The highest BCUT2D eigenvalue weighted by Gasteiger charge is 2.34. The number of hydrogen-bond donors (Lipinski definition) is 1. The minimum Gasteiger partial charge on any atom is -0.490 e. The third kappa shape index (κ3) is 4.98. The molecule has 142 valence electrons. The standard InChI is InChI=1S/C20H20ClFN2O3/c21-15-2-1-3-17(11-15)27-18-8-9-24(12-14(18)10-19(23)25)20(26)13-4-6-16(22)7-5-13/h1-7,11,14,18H,8-10,12H2,(H2,23,25)/t14-,18-/m0/s1. The second-order valence-corrected chi connectivity index (χ2v) is 7.03. The molecule has 0 aliphatic carbocycles. The molecule has 3 rings (SSSR count). The molecule has 0 bridgehead atoms. The molecule has 0 radical (unpaired) electrons. The summed E-state index contributed by atoms with van der Waals surface area (Å²) in [4.78, 5) is 25.8. The van der Waals surface area contributed by atoms with Crippen molar-refractivity contribution < 1.29 is 18.7 Å². The summed E-state index contributed by atoms with van der Waals surface area (Å²) in [6.45, 7) is 0.807. The number of primary amides is 1. The van der Waals surface area contributed by atoms with Crippen LogP contribution in [0.4, 0.5) is 4.39 Å². The molecular weight excluding hydrogens is 371 g/mol. The van der Waals surface area contributed by atoms with Gasteiger partial charge in [-0.3, -0.25) is 9.59 Å². The second kappa shape index (κ2) is 8.39. The average Bonchev–Trinajstić information content (AvgIpc) is 2.63. The van der Waals surface area contributed by atoms with E-state index in [2.05, 4.69) is 0 Å². The molecule has 1 heterocycles. The monoisotopic (exact) mass is 390 g/mol. The third-order valence-electron chi connectivity index (χ3n) is 4.59. The summed E-state index contributed by atoms with van der Waals surface area (Å²) in [7, 11) is 0. The van der Waals surface area contributed by atoms with Gasteiger partial charge in [-0.05, 0) is 42.5 Å². The Labute approximate surface area is 161 Å². The average molecular weight is 391 g/mol. The van der Waals surface area contributed by atoms with Gasteiger partial charge in [0.25, 0.3) is 5.91 Å². The molecule has 0 aromatic heterocycles. The minimum atomic E-state index is -0.448. The Morgan fingerprint density at radius 2 is 1.96 bits per heavy atom. The fraction of sp³-hybridized carbons (Fsp3) is 0.300. The maximum atomic E-state index is 13.1. The van der Waals surface area contributed by atoms with Crippen LogP contribution >= 0.6 is 11.6 Å². The van der Waals surface area contributed by atoms with E-state index < -0.39 is 11.7 Å². The van der Waals surface area contributed by atoms with Crippen molar-refractivity contribution in [1.29, 1.82) is 0 Å². The van der Waals surface area contributed by atoms with E-state index >= 15 is 0 Å². The van der Waals surface area contributed by atoms with Crippen LogP contribution in [-0.2, 0) is 4.79 Å². The maximum absolute atomic E-state index is 13.1. The molecule has 2 N–H and O–H groups in total. The van der Waals surface area contributed by atoms with Crippen LogP contribution in [0.25, 0.3) is 0 Å². The van der Waals surface area contributed by atoms with Gasteiger partial charge >= 0.3 is 0 Å². The lowest BCUT2D eigenvalue weighted by atomic mass is 9.90. The number of nitrogens with zero attached hydrogens (tertiary/aromatic N) is 1. The van der Waals surface area contributed by atoms with Crippen LogP contribution in [0, 0.1) is 11.7 Å². The van der Waals surface area contributed by atoms with Crippen LogP contribution in [-0.4, -0.2) is 35.9 Å². The molecule has 5 nitrogen and oxygen atoms in total. The Kier molecular flexibility index (Phi) is 5.96. The topological polar surface area (TPSA) is 72.6 Å². The molecule has 2 amide bonds. The van der Waals surface area contributed by atoms with E-state index in [1.165, 1.54) is 24.3 Å².